The molecule has 7 heteroatoms. The van der Waals surface area contributed by atoms with E-state index in [1.165, 1.54) is 29.8 Å². The minimum Gasteiger partial charge on any atom is -0.387 e. The Balaban J connectivity index is 1.75. The monoisotopic (exact) mass is 323 g/mol. The van der Waals surface area contributed by atoms with Crippen LogP contribution in [0.3, 0.4) is 0 Å². The van der Waals surface area contributed by atoms with E-state index in [9.17, 15) is 9.50 Å². The molecule has 1 atom stereocenters. The molecule has 1 aromatic carbocycles. The second-order valence-corrected chi connectivity index (χ2v) is 5.73. The highest BCUT2D eigenvalue weighted by atomic mass is 35.5. The highest BCUT2D eigenvalue weighted by Gasteiger charge is 2.11. The van der Waals surface area contributed by atoms with Gasteiger partial charge in [-0.15, -0.1) is 11.3 Å². The molecule has 3 rings (SSSR count). The molecule has 0 unspecified atom stereocenters. The van der Waals surface area contributed by atoms with E-state index < -0.39 is 11.9 Å². The summed E-state index contributed by atoms with van der Waals surface area (Å²) >= 11 is 7.14. The first-order valence-electron chi connectivity index (χ1n) is 6.20. The number of aromatic nitrogens is 2. The van der Waals surface area contributed by atoms with Gasteiger partial charge in [-0.1, -0.05) is 17.7 Å². The molecular formula is C14H11ClFN3OS. The van der Waals surface area contributed by atoms with Crippen molar-refractivity contribution in [1.82, 2.24) is 9.97 Å². The predicted molar refractivity (Wildman–Crippen MR) is 82.3 cm³/mol. The summed E-state index contributed by atoms with van der Waals surface area (Å²) < 4.78 is 13.4. The Morgan fingerprint density at radius 3 is 3.00 bits per heavy atom. The Morgan fingerprint density at radius 1 is 1.33 bits per heavy atom. The molecule has 0 aliphatic heterocycles. The number of aliphatic hydroxyl groups excluding tert-OH is 1. The van der Waals surface area contributed by atoms with E-state index in [4.69, 9.17) is 11.6 Å². The number of hydrogen-bond acceptors (Lipinski definition) is 5. The second kappa shape index (κ2) is 5.93. The zero-order valence-corrected chi connectivity index (χ0v) is 12.3. The number of nitrogens with zero attached hydrogens (tertiary/aromatic N) is 2. The van der Waals surface area contributed by atoms with Crippen molar-refractivity contribution in [2.75, 3.05) is 11.9 Å². The van der Waals surface area contributed by atoms with Crippen LogP contribution in [0.2, 0.25) is 5.02 Å². The van der Waals surface area contributed by atoms with Crippen molar-refractivity contribution in [2.45, 2.75) is 6.10 Å². The molecule has 0 bridgehead atoms. The maximum absolute atomic E-state index is 13.4. The number of anilines is 1. The summed E-state index contributed by atoms with van der Waals surface area (Å²) in [6, 6.07) is 6.17. The van der Waals surface area contributed by atoms with Crippen LogP contribution in [-0.2, 0) is 0 Å². The number of thiophene rings is 1. The lowest BCUT2D eigenvalue weighted by Crippen LogP contribution is -2.13. The van der Waals surface area contributed by atoms with Gasteiger partial charge in [0.1, 0.15) is 22.8 Å². The van der Waals surface area contributed by atoms with Crippen molar-refractivity contribution < 1.29 is 9.50 Å². The number of rotatable bonds is 4. The molecule has 0 aliphatic carbocycles. The molecule has 0 saturated carbocycles. The predicted octanol–water partition coefficient (Wildman–Crippen LogP) is 3.63. The molecule has 0 fully saturated rings. The Bertz CT molecular complexity index is 780. The van der Waals surface area contributed by atoms with Crippen LogP contribution in [0.4, 0.5) is 10.2 Å². The van der Waals surface area contributed by atoms with Gasteiger partial charge in [-0.2, -0.15) is 0 Å². The lowest BCUT2D eigenvalue weighted by Gasteiger charge is -2.13. The van der Waals surface area contributed by atoms with Crippen LogP contribution in [0.25, 0.3) is 10.2 Å². The van der Waals surface area contributed by atoms with Crippen LogP contribution in [-0.4, -0.2) is 21.6 Å². The topological polar surface area (TPSA) is 58.0 Å². The molecule has 2 heterocycles. The van der Waals surface area contributed by atoms with Gasteiger partial charge in [0, 0.05) is 6.54 Å². The van der Waals surface area contributed by atoms with E-state index in [1.54, 1.807) is 6.07 Å². The minimum atomic E-state index is -0.861. The molecule has 4 nitrogen and oxygen atoms in total. The zero-order valence-electron chi connectivity index (χ0n) is 10.8. The summed E-state index contributed by atoms with van der Waals surface area (Å²) in [5.74, 6) is 0.102. The molecule has 0 aliphatic rings. The fourth-order valence-corrected chi connectivity index (χ4v) is 2.81. The third kappa shape index (κ3) is 2.97. The fraction of sp³-hybridized carbons (Fsp3) is 0.143. The molecule has 3 aromatic rings. The van der Waals surface area contributed by atoms with Crippen LogP contribution in [0.1, 0.15) is 11.7 Å². The van der Waals surface area contributed by atoms with Gasteiger partial charge in [0.15, 0.2) is 0 Å². The van der Waals surface area contributed by atoms with Crippen LogP contribution in [0.5, 0.6) is 0 Å². The van der Waals surface area contributed by atoms with Gasteiger partial charge in [-0.3, -0.25) is 0 Å². The van der Waals surface area contributed by atoms with E-state index in [2.05, 4.69) is 15.3 Å². The van der Waals surface area contributed by atoms with Crippen LogP contribution < -0.4 is 5.32 Å². The number of hydrogen-bond donors (Lipinski definition) is 2. The Labute approximate surface area is 129 Å². The highest BCUT2D eigenvalue weighted by Crippen LogP contribution is 2.25. The Morgan fingerprint density at radius 2 is 2.19 bits per heavy atom. The molecule has 0 saturated heterocycles. The first kappa shape index (κ1) is 14.2. The normalized spacial score (nSPS) is 12.5. The van der Waals surface area contributed by atoms with Crippen molar-refractivity contribution in [3.63, 3.8) is 0 Å². The lowest BCUT2D eigenvalue weighted by atomic mass is 10.1. The summed E-state index contributed by atoms with van der Waals surface area (Å²) in [6.45, 7) is 0.211. The quantitative estimate of drug-likeness (QED) is 0.769. The van der Waals surface area contributed by atoms with Crippen molar-refractivity contribution in [3.05, 3.63) is 52.4 Å². The lowest BCUT2D eigenvalue weighted by molar-refractivity contribution is 0.191. The standard InChI is InChI=1S/C14H11ClFN3OS/c15-10-2-1-8(5-11(10)16)12(20)6-17-13-9-3-4-21-14(9)19-7-18-13/h1-5,7,12,20H,6H2,(H,17,18,19)/t12-/m1/s1. The first-order valence-corrected chi connectivity index (χ1v) is 7.46. The van der Waals surface area contributed by atoms with Gasteiger partial charge in [0.05, 0.1) is 16.5 Å². The third-order valence-corrected chi connectivity index (χ3v) is 4.18. The zero-order chi connectivity index (χ0) is 14.8. The van der Waals surface area contributed by atoms with E-state index in [1.807, 2.05) is 11.4 Å². The highest BCUT2D eigenvalue weighted by molar-refractivity contribution is 7.16. The Kier molecular flexibility index (Phi) is 4.01. The van der Waals surface area contributed by atoms with Gasteiger partial charge in [0.2, 0.25) is 0 Å². The van der Waals surface area contributed by atoms with Gasteiger partial charge >= 0.3 is 0 Å². The molecule has 2 N–H and O–H groups in total. The maximum atomic E-state index is 13.4. The van der Waals surface area contributed by atoms with Gasteiger partial charge < -0.3 is 10.4 Å². The summed E-state index contributed by atoms with van der Waals surface area (Å²) in [4.78, 5) is 9.18. The smallest absolute Gasteiger partial charge is 0.142 e. The number of fused-ring (bicyclic) bond motifs is 1. The summed E-state index contributed by atoms with van der Waals surface area (Å²) in [5, 5.41) is 16.0. The van der Waals surface area contributed by atoms with Gasteiger partial charge in [-0.25, -0.2) is 14.4 Å². The third-order valence-electron chi connectivity index (χ3n) is 3.05. The average molecular weight is 324 g/mol. The minimum absolute atomic E-state index is 0.0368. The fourth-order valence-electron chi connectivity index (χ4n) is 1.96. The Hall–Kier alpha value is -1.76. The van der Waals surface area contributed by atoms with E-state index >= 15 is 0 Å². The maximum Gasteiger partial charge on any atom is 0.142 e. The average Bonchev–Trinajstić information content (AvgIpc) is 2.96. The molecule has 0 radical (unpaired) electrons. The molecule has 2 aromatic heterocycles. The van der Waals surface area contributed by atoms with E-state index in [0.717, 1.165) is 10.2 Å². The van der Waals surface area contributed by atoms with Crippen LogP contribution in [0.15, 0.2) is 36.0 Å². The summed E-state index contributed by atoms with van der Waals surface area (Å²) in [6.07, 6.45) is 0.607. The molecule has 21 heavy (non-hydrogen) atoms. The number of benzene rings is 1. The van der Waals surface area contributed by atoms with Crippen LogP contribution >= 0.6 is 22.9 Å². The summed E-state index contributed by atoms with van der Waals surface area (Å²) in [5.41, 5.74) is 0.458. The van der Waals surface area contributed by atoms with Crippen molar-refractivity contribution in [3.8, 4) is 0 Å². The second-order valence-electron chi connectivity index (χ2n) is 4.43. The van der Waals surface area contributed by atoms with Gasteiger partial charge in [0.25, 0.3) is 0 Å². The number of halogens is 2. The number of nitrogens with one attached hydrogen (secondary N) is 1. The number of aliphatic hydroxyl groups is 1. The van der Waals surface area contributed by atoms with E-state index in [-0.39, 0.29) is 11.6 Å². The van der Waals surface area contributed by atoms with Crippen LogP contribution in [0, 0.1) is 5.82 Å². The van der Waals surface area contributed by atoms with E-state index in [0.29, 0.717) is 11.4 Å². The van der Waals surface area contributed by atoms with Gasteiger partial charge in [-0.05, 0) is 29.1 Å². The largest absolute Gasteiger partial charge is 0.387 e. The summed E-state index contributed by atoms with van der Waals surface area (Å²) in [7, 11) is 0. The van der Waals surface area contributed by atoms with Crippen molar-refractivity contribution in [1.29, 1.82) is 0 Å². The van der Waals surface area contributed by atoms with Crippen molar-refractivity contribution in [2.24, 2.45) is 0 Å². The molecule has 108 valence electrons. The molecular weight excluding hydrogens is 313 g/mol. The SMILES string of the molecule is O[C@H](CNc1ncnc2sccc12)c1ccc(Cl)c(F)c1. The molecule has 0 amide bonds. The molecule has 0 spiro atoms. The first-order chi connectivity index (χ1) is 10.1. The van der Waals surface area contributed by atoms with Crippen molar-refractivity contribution >= 4 is 39.0 Å².